The molecule has 2 rings (SSSR count). The largest absolute Gasteiger partial charge is 0.491 e. The van der Waals surface area contributed by atoms with Crippen LogP contribution in [0.3, 0.4) is 0 Å². The van der Waals surface area contributed by atoms with E-state index < -0.39 is 6.10 Å². The molecule has 0 spiro atoms. The molecule has 0 saturated carbocycles. The van der Waals surface area contributed by atoms with Gasteiger partial charge in [-0.15, -0.1) is 0 Å². The Hall–Kier alpha value is -2.27. The molecular formula is C18H24N2O3. The number of aliphatic hydroxyl groups is 1. The van der Waals surface area contributed by atoms with E-state index in [0.29, 0.717) is 0 Å². The van der Waals surface area contributed by atoms with Crippen molar-refractivity contribution in [1.82, 2.24) is 9.88 Å². The number of amides is 1. The molecule has 2 aromatic rings. The third kappa shape index (κ3) is 4.86. The van der Waals surface area contributed by atoms with Crippen LogP contribution in [0.25, 0.3) is 0 Å². The number of aromatic nitrogens is 1. The summed E-state index contributed by atoms with van der Waals surface area (Å²) < 4.78 is 7.38. The maximum absolute atomic E-state index is 12.1. The number of benzene rings is 1. The van der Waals surface area contributed by atoms with Gasteiger partial charge in [0.2, 0.25) is 5.91 Å². The van der Waals surface area contributed by atoms with Gasteiger partial charge in [-0.25, -0.2) is 0 Å². The van der Waals surface area contributed by atoms with Gasteiger partial charge in [0.15, 0.2) is 0 Å². The number of carbonyl (C=O) groups excluding carboxylic acids is 1. The molecule has 2 unspecified atom stereocenters. The zero-order valence-electron chi connectivity index (χ0n) is 13.8. The van der Waals surface area contributed by atoms with Gasteiger partial charge >= 0.3 is 0 Å². The number of nitrogens with zero attached hydrogens (tertiary/aromatic N) is 1. The van der Waals surface area contributed by atoms with Crippen LogP contribution in [0.15, 0.2) is 48.8 Å². The first-order valence-electron chi connectivity index (χ1n) is 7.82. The molecule has 2 atom stereocenters. The Bertz CT molecular complexity index is 606. The van der Waals surface area contributed by atoms with Crippen LogP contribution in [0.4, 0.5) is 0 Å². The Balaban J connectivity index is 1.86. The van der Waals surface area contributed by atoms with Gasteiger partial charge in [0.25, 0.3) is 0 Å². The van der Waals surface area contributed by atoms with Crippen molar-refractivity contribution in [2.24, 2.45) is 0 Å². The smallest absolute Gasteiger partial charge is 0.242 e. The lowest BCUT2D eigenvalue weighted by Gasteiger charge is -2.17. The molecule has 1 amide bonds. The molecule has 23 heavy (non-hydrogen) atoms. The minimum absolute atomic E-state index is 0.111. The van der Waals surface area contributed by atoms with Gasteiger partial charge in [0.1, 0.15) is 11.8 Å². The first-order valence-corrected chi connectivity index (χ1v) is 7.82. The first-order chi connectivity index (χ1) is 11.0. The molecule has 0 aliphatic rings. The molecule has 5 nitrogen and oxygen atoms in total. The average molecular weight is 316 g/mol. The summed E-state index contributed by atoms with van der Waals surface area (Å²) in [6.45, 7) is 5.92. The third-order valence-corrected chi connectivity index (χ3v) is 3.56. The van der Waals surface area contributed by atoms with Gasteiger partial charge in [0, 0.05) is 18.9 Å². The van der Waals surface area contributed by atoms with Crippen LogP contribution < -0.4 is 10.1 Å². The molecule has 1 heterocycles. The van der Waals surface area contributed by atoms with Gasteiger partial charge in [-0.05, 0) is 50.6 Å². The minimum atomic E-state index is -0.746. The number of hydrogen-bond acceptors (Lipinski definition) is 3. The highest BCUT2D eigenvalue weighted by Crippen LogP contribution is 2.18. The van der Waals surface area contributed by atoms with Crippen LogP contribution in [0, 0.1) is 0 Å². The SMILES string of the molecule is CC(C)Oc1ccc(C(O)CNC(=O)C(C)n2cccc2)cc1. The lowest BCUT2D eigenvalue weighted by atomic mass is 10.1. The van der Waals surface area contributed by atoms with Crippen LogP contribution in [-0.4, -0.2) is 28.2 Å². The Morgan fingerprint density at radius 2 is 1.78 bits per heavy atom. The van der Waals surface area contributed by atoms with Crippen molar-refractivity contribution in [1.29, 1.82) is 0 Å². The second-order valence-corrected chi connectivity index (χ2v) is 5.80. The predicted molar refractivity (Wildman–Crippen MR) is 89.3 cm³/mol. The molecule has 0 bridgehead atoms. The standard InChI is InChI=1S/C18H24N2O3/c1-13(2)23-16-8-6-15(7-9-16)17(21)12-19-18(22)14(3)20-10-4-5-11-20/h4-11,13-14,17,21H,12H2,1-3H3,(H,19,22). The molecule has 0 aliphatic carbocycles. The Labute approximate surface area is 136 Å². The lowest BCUT2D eigenvalue weighted by Crippen LogP contribution is -2.33. The summed E-state index contributed by atoms with van der Waals surface area (Å²) in [6.07, 6.45) is 3.05. The van der Waals surface area contributed by atoms with E-state index in [2.05, 4.69) is 5.32 Å². The van der Waals surface area contributed by atoms with Crippen LogP contribution in [0.2, 0.25) is 0 Å². The summed E-state index contributed by atoms with van der Waals surface area (Å²) in [5.41, 5.74) is 0.745. The van der Waals surface area contributed by atoms with E-state index in [0.717, 1.165) is 11.3 Å². The zero-order valence-corrected chi connectivity index (χ0v) is 13.8. The van der Waals surface area contributed by atoms with Crippen LogP contribution in [-0.2, 0) is 4.79 Å². The van der Waals surface area contributed by atoms with Crippen molar-refractivity contribution in [3.63, 3.8) is 0 Å². The van der Waals surface area contributed by atoms with Crippen molar-refractivity contribution in [2.45, 2.75) is 39.0 Å². The van der Waals surface area contributed by atoms with Crippen LogP contribution in [0.1, 0.15) is 38.5 Å². The van der Waals surface area contributed by atoms with E-state index in [-0.39, 0.29) is 24.6 Å². The fraction of sp³-hybridized carbons (Fsp3) is 0.389. The molecule has 0 saturated heterocycles. The van der Waals surface area contributed by atoms with Gasteiger partial charge in [-0.3, -0.25) is 4.79 Å². The highest BCUT2D eigenvalue weighted by molar-refractivity contribution is 5.79. The third-order valence-electron chi connectivity index (χ3n) is 3.56. The van der Waals surface area contributed by atoms with Gasteiger partial charge in [-0.2, -0.15) is 0 Å². The monoisotopic (exact) mass is 316 g/mol. The van der Waals surface area contributed by atoms with Crippen molar-refractivity contribution in [3.8, 4) is 5.75 Å². The highest BCUT2D eigenvalue weighted by atomic mass is 16.5. The van der Waals surface area contributed by atoms with E-state index in [4.69, 9.17) is 4.74 Å². The maximum Gasteiger partial charge on any atom is 0.242 e. The quantitative estimate of drug-likeness (QED) is 0.825. The van der Waals surface area contributed by atoms with E-state index in [9.17, 15) is 9.90 Å². The Kier molecular flexibility index (Phi) is 5.82. The molecule has 0 aliphatic heterocycles. The summed E-state index contributed by atoms with van der Waals surface area (Å²) in [6, 6.07) is 10.7. The normalized spacial score (nSPS) is 13.6. The summed E-state index contributed by atoms with van der Waals surface area (Å²) in [4.78, 5) is 12.1. The molecule has 1 aromatic carbocycles. The van der Waals surface area contributed by atoms with Crippen LogP contribution >= 0.6 is 0 Å². The summed E-state index contributed by atoms with van der Waals surface area (Å²) in [5.74, 6) is 0.640. The number of carbonyl (C=O) groups is 1. The summed E-state index contributed by atoms with van der Waals surface area (Å²) in [7, 11) is 0. The average Bonchev–Trinajstić information content (AvgIpc) is 3.06. The molecular weight excluding hydrogens is 292 g/mol. The summed E-state index contributed by atoms with van der Waals surface area (Å²) >= 11 is 0. The number of nitrogens with one attached hydrogen (secondary N) is 1. The Morgan fingerprint density at radius 1 is 1.17 bits per heavy atom. The van der Waals surface area contributed by atoms with Crippen LogP contribution in [0.5, 0.6) is 5.75 Å². The fourth-order valence-electron chi connectivity index (χ4n) is 2.24. The second-order valence-electron chi connectivity index (χ2n) is 5.80. The topological polar surface area (TPSA) is 63.5 Å². The van der Waals surface area contributed by atoms with E-state index in [1.165, 1.54) is 0 Å². The number of hydrogen-bond donors (Lipinski definition) is 2. The van der Waals surface area contributed by atoms with Crippen molar-refractivity contribution >= 4 is 5.91 Å². The fourth-order valence-corrected chi connectivity index (χ4v) is 2.24. The van der Waals surface area contributed by atoms with Gasteiger partial charge in [0.05, 0.1) is 12.2 Å². The van der Waals surface area contributed by atoms with Crippen molar-refractivity contribution in [3.05, 3.63) is 54.4 Å². The molecule has 124 valence electrons. The van der Waals surface area contributed by atoms with Crippen molar-refractivity contribution < 1.29 is 14.6 Å². The molecule has 0 radical (unpaired) electrons. The zero-order chi connectivity index (χ0) is 16.8. The van der Waals surface area contributed by atoms with E-state index in [1.807, 2.05) is 74.1 Å². The highest BCUT2D eigenvalue weighted by Gasteiger charge is 2.15. The predicted octanol–water partition coefficient (Wildman–Crippen LogP) is 2.69. The van der Waals surface area contributed by atoms with E-state index in [1.54, 1.807) is 0 Å². The molecule has 5 heteroatoms. The lowest BCUT2D eigenvalue weighted by molar-refractivity contribution is -0.124. The Morgan fingerprint density at radius 3 is 2.35 bits per heavy atom. The van der Waals surface area contributed by atoms with Gasteiger partial charge in [-0.1, -0.05) is 12.1 Å². The first kappa shape index (κ1) is 17.1. The molecule has 0 fully saturated rings. The van der Waals surface area contributed by atoms with Crippen molar-refractivity contribution in [2.75, 3.05) is 6.54 Å². The number of aliphatic hydroxyl groups excluding tert-OH is 1. The molecule has 2 N–H and O–H groups in total. The maximum atomic E-state index is 12.1. The number of rotatable bonds is 7. The minimum Gasteiger partial charge on any atom is -0.491 e. The van der Waals surface area contributed by atoms with Gasteiger partial charge < -0.3 is 19.7 Å². The summed E-state index contributed by atoms with van der Waals surface area (Å²) in [5, 5.41) is 13.0. The van der Waals surface area contributed by atoms with E-state index >= 15 is 0 Å². The number of ether oxygens (including phenoxy) is 1. The molecule has 1 aromatic heterocycles. The second kappa shape index (κ2) is 7.83.